The number of benzene rings is 2. The molecule has 0 aliphatic carbocycles. The first-order valence-electron chi connectivity index (χ1n) is 6.18. The van der Waals surface area contributed by atoms with Crippen molar-refractivity contribution in [2.75, 3.05) is 0 Å². The lowest BCUT2D eigenvalue weighted by molar-refractivity contribution is 0.158. The fourth-order valence-electron chi connectivity index (χ4n) is 2.17. The van der Waals surface area contributed by atoms with E-state index in [-0.39, 0.29) is 6.54 Å². The van der Waals surface area contributed by atoms with Crippen LogP contribution in [0.4, 0.5) is 8.78 Å². The molecule has 1 atom stereocenters. The number of rotatable bonds is 3. The Kier molecular flexibility index (Phi) is 3.20. The van der Waals surface area contributed by atoms with Crippen molar-refractivity contribution in [3.05, 3.63) is 66.0 Å². The van der Waals surface area contributed by atoms with Gasteiger partial charge in [-0.15, -0.1) is 0 Å². The number of hydrogen-bond donors (Lipinski definition) is 1. The number of fused-ring (bicyclic) bond motifs is 1. The van der Waals surface area contributed by atoms with Crippen molar-refractivity contribution in [3.8, 4) is 0 Å². The minimum atomic E-state index is -0.925. The quantitative estimate of drug-likeness (QED) is 0.797. The Balaban J connectivity index is 1.93. The van der Waals surface area contributed by atoms with Crippen LogP contribution >= 0.6 is 0 Å². The Morgan fingerprint density at radius 1 is 1.10 bits per heavy atom. The Hall–Kier alpha value is -2.27. The van der Waals surface area contributed by atoms with Crippen LogP contribution in [0.25, 0.3) is 11.0 Å². The molecule has 1 aromatic heterocycles. The summed E-state index contributed by atoms with van der Waals surface area (Å²) in [6, 6.07) is 11.3. The standard InChI is InChI=1S/C15H12F2N2O/c16-11-6-13-14(7-12(11)17)19(9-18-13)8-15(20)10-4-2-1-3-5-10/h1-7,9,15,20H,8H2/t15-/m0/s1. The van der Waals surface area contributed by atoms with Gasteiger partial charge in [-0.3, -0.25) is 0 Å². The van der Waals surface area contributed by atoms with Crippen molar-refractivity contribution in [1.82, 2.24) is 9.55 Å². The summed E-state index contributed by atoms with van der Waals surface area (Å²) in [5.74, 6) is -1.85. The van der Waals surface area contributed by atoms with Gasteiger partial charge in [-0.25, -0.2) is 13.8 Å². The first kappa shape index (κ1) is 12.7. The predicted molar refractivity (Wildman–Crippen MR) is 71.1 cm³/mol. The number of aromatic nitrogens is 2. The van der Waals surface area contributed by atoms with Gasteiger partial charge in [0.2, 0.25) is 0 Å². The molecule has 3 rings (SSSR count). The van der Waals surface area contributed by atoms with E-state index in [0.717, 1.165) is 17.7 Å². The van der Waals surface area contributed by atoms with E-state index < -0.39 is 17.7 Å². The van der Waals surface area contributed by atoms with Gasteiger partial charge in [-0.2, -0.15) is 0 Å². The summed E-state index contributed by atoms with van der Waals surface area (Å²) in [5, 5.41) is 10.2. The lowest BCUT2D eigenvalue weighted by Crippen LogP contribution is -2.07. The molecule has 0 spiro atoms. The Morgan fingerprint density at radius 3 is 2.55 bits per heavy atom. The second kappa shape index (κ2) is 5.02. The molecule has 0 fully saturated rings. The van der Waals surface area contributed by atoms with Crippen LogP contribution in [0.1, 0.15) is 11.7 Å². The molecule has 3 aromatic rings. The fourth-order valence-corrected chi connectivity index (χ4v) is 2.17. The van der Waals surface area contributed by atoms with Crippen LogP contribution in [0.3, 0.4) is 0 Å². The van der Waals surface area contributed by atoms with Gasteiger partial charge < -0.3 is 9.67 Å². The van der Waals surface area contributed by atoms with Crippen molar-refractivity contribution in [1.29, 1.82) is 0 Å². The molecule has 0 aliphatic heterocycles. The molecule has 102 valence electrons. The first-order chi connectivity index (χ1) is 9.65. The molecule has 0 bridgehead atoms. The van der Waals surface area contributed by atoms with Crippen LogP contribution in [0.15, 0.2) is 48.8 Å². The molecule has 0 unspecified atom stereocenters. The molecule has 1 N–H and O–H groups in total. The highest BCUT2D eigenvalue weighted by molar-refractivity contribution is 5.75. The highest BCUT2D eigenvalue weighted by atomic mass is 19.2. The van der Waals surface area contributed by atoms with Gasteiger partial charge in [0.15, 0.2) is 11.6 Å². The average molecular weight is 274 g/mol. The van der Waals surface area contributed by atoms with Gasteiger partial charge in [0.25, 0.3) is 0 Å². The van der Waals surface area contributed by atoms with Crippen LogP contribution in [-0.2, 0) is 6.54 Å². The number of halogens is 2. The molecule has 2 aromatic carbocycles. The number of aliphatic hydroxyl groups excluding tert-OH is 1. The summed E-state index contributed by atoms with van der Waals surface area (Å²) >= 11 is 0. The van der Waals surface area contributed by atoms with Crippen molar-refractivity contribution >= 4 is 11.0 Å². The van der Waals surface area contributed by atoms with Gasteiger partial charge in [0.1, 0.15) is 0 Å². The minimum Gasteiger partial charge on any atom is -0.387 e. The maximum Gasteiger partial charge on any atom is 0.161 e. The van der Waals surface area contributed by atoms with Gasteiger partial charge in [0, 0.05) is 12.1 Å². The summed E-state index contributed by atoms with van der Waals surface area (Å²) in [4.78, 5) is 4.01. The fraction of sp³-hybridized carbons (Fsp3) is 0.133. The predicted octanol–water partition coefficient (Wildman–Crippen LogP) is 3.05. The monoisotopic (exact) mass is 274 g/mol. The van der Waals surface area contributed by atoms with Crippen LogP contribution in [0.5, 0.6) is 0 Å². The van der Waals surface area contributed by atoms with E-state index in [0.29, 0.717) is 11.0 Å². The molecule has 0 saturated heterocycles. The summed E-state index contributed by atoms with van der Waals surface area (Å²) in [7, 11) is 0. The Labute approximate surface area is 114 Å². The van der Waals surface area contributed by atoms with E-state index in [4.69, 9.17) is 0 Å². The molecule has 0 aliphatic rings. The third kappa shape index (κ3) is 2.28. The third-order valence-corrected chi connectivity index (χ3v) is 3.22. The van der Waals surface area contributed by atoms with Crippen molar-refractivity contribution < 1.29 is 13.9 Å². The van der Waals surface area contributed by atoms with Gasteiger partial charge >= 0.3 is 0 Å². The summed E-state index contributed by atoms with van der Waals surface area (Å²) in [6.45, 7) is 0.228. The van der Waals surface area contributed by atoms with E-state index in [9.17, 15) is 13.9 Å². The Bertz CT molecular complexity index is 740. The SMILES string of the molecule is O[C@@H](Cn1cnc2cc(F)c(F)cc21)c1ccccc1. The molecule has 0 amide bonds. The molecule has 3 nitrogen and oxygen atoms in total. The third-order valence-electron chi connectivity index (χ3n) is 3.22. The number of nitrogens with zero attached hydrogens (tertiary/aromatic N) is 2. The normalized spacial score (nSPS) is 12.8. The van der Waals surface area contributed by atoms with E-state index >= 15 is 0 Å². The highest BCUT2D eigenvalue weighted by Crippen LogP contribution is 2.21. The minimum absolute atomic E-state index is 0.228. The lowest BCUT2D eigenvalue weighted by atomic mass is 10.1. The van der Waals surface area contributed by atoms with E-state index in [1.807, 2.05) is 30.3 Å². The van der Waals surface area contributed by atoms with E-state index in [2.05, 4.69) is 4.98 Å². The maximum absolute atomic E-state index is 13.3. The Morgan fingerprint density at radius 2 is 1.80 bits per heavy atom. The zero-order valence-electron chi connectivity index (χ0n) is 10.5. The van der Waals surface area contributed by atoms with Crippen molar-refractivity contribution in [2.45, 2.75) is 12.6 Å². The zero-order chi connectivity index (χ0) is 14.1. The van der Waals surface area contributed by atoms with Gasteiger partial charge in [0.05, 0.1) is 30.0 Å². The molecule has 0 saturated carbocycles. The first-order valence-corrected chi connectivity index (χ1v) is 6.18. The molecule has 5 heteroatoms. The molecule has 0 radical (unpaired) electrons. The van der Waals surface area contributed by atoms with Crippen molar-refractivity contribution in [3.63, 3.8) is 0 Å². The molecule has 1 heterocycles. The number of imidazole rings is 1. The van der Waals surface area contributed by atoms with Crippen molar-refractivity contribution in [2.24, 2.45) is 0 Å². The lowest BCUT2D eigenvalue weighted by Gasteiger charge is -2.12. The summed E-state index contributed by atoms with van der Waals surface area (Å²) < 4.78 is 28.0. The smallest absolute Gasteiger partial charge is 0.161 e. The maximum atomic E-state index is 13.3. The second-order valence-corrected chi connectivity index (χ2v) is 4.58. The van der Waals surface area contributed by atoms with Crippen LogP contribution in [0.2, 0.25) is 0 Å². The van der Waals surface area contributed by atoms with Gasteiger partial charge in [-0.1, -0.05) is 30.3 Å². The van der Waals surface area contributed by atoms with E-state index in [1.54, 1.807) is 4.57 Å². The summed E-state index contributed by atoms with van der Waals surface area (Å²) in [6.07, 6.45) is 0.733. The van der Waals surface area contributed by atoms with Crippen LogP contribution < -0.4 is 0 Å². The molecule has 20 heavy (non-hydrogen) atoms. The second-order valence-electron chi connectivity index (χ2n) is 4.58. The average Bonchev–Trinajstić information content (AvgIpc) is 2.83. The van der Waals surface area contributed by atoms with E-state index in [1.165, 1.54) is 6.33 Å². The molecular formula is C15H12F2N2O. The molecular weight excluding hydrogens is 262 g/mol. The summed E-state index contributed by atoms with van der Waals surface area (Å²) in [5.41, 5.74) is 1.58. The van der Waals surface area contributed by atoms with Gasteiger partial charge in [-0.05, 0) is 5.56 Å². The highest BCUT2D eigenvalue weighted by Gasteiger charge is 2.13. The van der Waals surface area contributed by atoms with Crippen LogP contribution in [-0.4, -0.2) is 14.7 Å². The number of aliphatic hydroxyl groups is 1. The topological polar surface area (TPSA) is 38.0 Å². The zero-order valence-corrected chi connectivity index (χ0v) is 10.5. The number of hydrogen-bond acceptors (Lipinski definition) is 2. The largest absolute Gasteiger partial charge is 0.387 e. The van der Waals surface area contributed by atoms with Crippen LogP contribution in [0, 0.1) is 11.6 Å².